The van der Waals surface area contributed by atoms with Gasteiger partial charge in [0, 0.05) is 30.8 Å². The molecule has 0 aliphatic carbocycles. The summed E-state index contributed by atoms with van der Waals surface area (Å²) in [5.41, 5.74) is 0.509. The first-order valence-corrected chi connectivity index (χ1v) is 11.1. The van der Waals surface area contributed by atoms with Crippen molar-refractivity contribution in [3.63, 3.8) is 0 Å². The van der Waals surface area contributed by atoms with Crippen LogP contribution < -0.4 is 4.74 Å². The highest BCUT2D eigenvalue weighted by Crippen LogP contribution is 2.39. The Labute approximate surface area is 198 Å². The molecule has 1 fully saturated rings. The number of aliphatic carboxylic acids is 1. The number of carboxylic acids is 1. The van der Waals surface area contributed by atoms with E-state index in [1.54, 1.807) is 45.3 Å². The first-order valence-electron chi connectivity index (χ1n) is 11.1. The van der Waals surface area contributed by atoms with Gasteiger partial charge in [0.15, 0.2) is 17.6 Å². The normalized spacial score (nSPS) is 20.9. The molecule has 1 aliphatic rings. The largest absolute Gasteiger partial charge is 0.481 e. The van der Waals surface area contributed by atoms with Crippen molar-refractivity contribution in [2.45, 2.75) is 58.0 Å². The zero-order chi connectivity index (χ0) is 24.7. The second-order valence-corrected chi connectivity index (χ2v) is 8.84. The summed E-state index contributed by atoms with van der Waals surface area (Å²) in [7, 11) is 0. The number of rotatable bonds is 10. The van der Waals surface area contributed by atoms with Gasteiger partial charge in [0.25, 0.3) is 0 Å². The molecular formula is C25H30N2O7. The van der Waals surface area contributed by atoms with Crippen molar-refractivity contribution < 1.29 is 29.0 Å². The molecule has 9 heteroatoms. The van der Waals surface area contributed by atoms with Crippen molar-refractivity contribution in [3.8, 4) is 5.75 Å². The van der Waals surface area contributed by atoms with Crippen LogP contribution in [0.15, 0.2) is 54.9 Å². The van der Waals surface area contributed by atoms with E-state index in [2.05, 4.69) is 4.98 Å². The number of hydrogen-bond acceptors (Lipinski definition) is 7. The van der Waals surface area contributed by atoms with Gasteiger partial charge in [-0.25, -0.2) is 0 Å². The number of allylic oxidation sites excluding steroid dienone is 2. The second-order valence-electron chi connectivity index (χ2n) is 8.84. The summed E-state index contributed by atoms with van der Waals surface area (Å²) in [6.07, 6.45) is 7.27. The number of carboxylic acid groups (broad SMARTS) is 1. The van der Waals surface area contributed by atoms with Gasteiger partial charge < -0.3 is 19.3 Å². The van der Waals surface area contributed by atoms with Crippen LogP contribution in [-0.2, 0) is 14.3 Å². The number of benzene rings is 1. The number of nitrogens with zero attached hydrogens (tertiary/aromatic N) is 2. The molecule has 1 aromatic carbocycles. The number of pyridine rings is 1. The maximum atomic E-state index is 11.5. The molecule has 2 aromatic rings. The van der Waals surface area contributed by atoms with Crippen molar-refractivity contribution in [1.82, 2.24) is 4.98 Å². The third-order valence-corrected chi connectivity index (χ3v) is 5.56. The standard InChI is InChI=1S/C25H30N2O7/c1-17-11-12-21(20(14-17)27(30)31)34-25(2,3)24-32-16-19(8-5-4-6-10-22(28)29)23(33-24)18-9-7-13-26-15-18/h4-5,7,9,11-15,19,23-24H,6,8,10,16H2,1-3H3,(H,28,29)/b5-4-/t19-,23-,24+/m1/s1. The van der Waals surface area contributed by atoms with E-state index in [1.807, 2.05) is 24.3 Å². The highest BCUT2D eigenvalue weighted by molar-refractivity contribution is 5.66. The van der Waals surface area contributed by atoms with E-state index in [0.717, 1.165) is 11.1 Å². The molecule has 0 bridgehead atoms. The molecule has 1 N–H and O–H groups in total. The summed E-state index contributed by atoms with van der Waals surface area (Å²) >= 11 is 0. The minimum atomic E-state index is -1.03. The molecule has 2 heterocycles. The van der Waals surface area contributed by atoms with Crippen molar-refractivity contribution >= 4 is 11.7 Å². The van der Waals surface area contributed by atoms with E-state index in [9.17, 15) is 14.9 Å². The lowest BCUT2D eigenvalue weighted by Gasteiger charge is -2.42. The highest BCUT2D eigenvalue weighted by Gasteiger charge is 2.42. The lowest BCUT2D eigenvalue weighted by Crippen LogP contribution is -2.50. The van der Waals surface area contributed by atoms with Crippen LogP contribution in [-0.4, -0.2) is 39.5 Å². The number of carbonyl (C=O) groups is 1. The Morgan fingerprint density at radius 2 is 2.15 bits per heavy atom. The lowest BCUT2D eigenvalue weighted by molar-refractivity contribution is -0.386. The average molecular weight is 471 g/mol. The van der Waals surface area contributed by atoms with Gasteiger partial charge in [0.05, 0.1) is 17.6 Å². The number of aryl methyl sites for hydroxylation is 1. The lowest BCUT2D eigenvalue weighted by atomic mass is 9.92. The van der Waals surface area contributed by atoms with E-state index in [-0.39, 0.29) is 29.9 Å². The summed E-state index contributed by atoms with van der Waals surface area (Å²) in [6.45, 7) is 5.70. The zero-order valence-corrected chi connectivity index (χ0v) is 19.5. The van der Waals surface area contributed by atoms with Crippen LogP contribution in [0.5, 0.6) is 5.75 Å². The summed E-state index contributed by atoms with van der Waals surface area (Å²) in [5, 5.41) is 20.3. The quantitative estimate of drug-likeness (QED) is 0.293. The Morgan fingerprint density at radius 1 is 1.35 bits per heavy atom. The minimum Gasteiger partial charge on any atom is -0.481 e. The Balaban J connectivity index is 1.76. The van der Waals surface area contributed by atoms with Crippen molar-refractivity contribution in [2.75, 3.05) is 6.61 Å². The number of nitro groups is 1. The first-order chi connectivity index (χ1) is 16.2. The molecule has 3 atom stereocenters. The fourth-order valence-electron chi connectivity index (χ4n) is 3.82. The summed E-state index contributed by atoms with van der Waals surface area (Å²) in [5.74, 6) is -0.707. The Bertz CT molecular complexity index is 1020. The van der Waals surface area contributed by atoms with E-state index in [4.69, 9.17) is 19.3 Å². The van der Waals surface area contributed by atoms with Gasteiger partial charge in [-0.2, -0.15) is 0 Å². The molecule has 182 valence electrons. The van der Waals surface area contributed by atoms with Crippen molar-refractivity contribution in [2.24, 2.45) is 5.92 Å². The molecule has 0 radical (unpaired) electrons. The molecule has 9 nitrogen and oxygen atoms in total. The zero-order valence-electron chi connectivity index (χ0n) is 19.5. The molecule has 34 heavy (non-hydrogen) atoms. The van der Waals surface area contributed by atoms with Crippen molar-refractivity contribution in [1.29, 1.82) is 0 Å². The van der Waals surface area contributed by atoms with E-state index >= 15 is 0 Å². The monoisotopic (exact) mass is 470 g/mol. The fourth-order valence-corrected chi connectivity index (χ4v) is 3.82. The Morgan fingerprint density at radius 3 is 2.82 bits per heavy atom. The van der Waals surface area contributed by atoms with E-state index in [1.165, 1.54) is 6.07 Å². The fraction of sp³-hybridized carbons (Fsp3) is 0.440. The van der Waals surface area contributed by atoms with Gasteiger partial charge in [-0.3, -0.25) is 19.9 Å². The van der Waals surface area contributed by atoms with E-state index in [0.29, 0.717) is 19.4 Å². The molecule has 0 spiro atoms. The van der Waals surface area contributed by atoms with Gasteiger partial charge in [-0.05, 0) is 56.9 Å². The predicted molar refractivity (Wildman–Crippen MR) is 124 cm³/mol. The van der Waals surface area contributed by atoms with Crippen molar-refractivity contribution in [3.05, 3.63) is 76.1 Å². The molecule has 0 unspecified atom stereocenters. The summed E-state index contributed by atoms with van der Waals surface area (Å²) in [6, 6.07) is 8.58. The SMILES string of the molecule is Cc1ccc(OC(C)(C)[C@H]2OC[C@@H](C/C=C\CCC(=O)O)[C@@H](c3cccnc3)O2)c([N+](=O)[O-])c1. The number of aromatic nitrogens is 1. The van der Waals surface area contributed by atoms with Crippen LogP contribution in [0, 0.1) is 23.0 Å². The van der Waals surface area contributed by atoms with Gasteiger partial charge in [0.2, 0.25) is 0 Å². The topological polar surface area (TPSA) is 121 Å². The van der Waals surface area contributed by atoms with Gasteiger partial charge in [-0.15, -0.1) is 0 Å². The van der Waals surface area contributed by atoms with Gasteiger partial charge in [0.1, 0.15) is 0 Å². The Kier molecular flexibility index (Phi) is 8.36. The molecule has 0 saturated carbocycles. The minimum absolute atomic E-state index is 0.0222. The number of ether oxygens (including phenoxy) is 3. The molecular weight excluding hydrogens is 440 g/mol. The van der Waals surface area contributed by atoms with Gasteiger partial charge in [-0.1, -0.05) is 24.3 Å². The third-order valence-electron chi connectivity index (χ3n) is 5.56. The highest BCUT2D eigenvalue weighted by atomic mass is 16.7. The third kappa shape index (κ3) is 6.61. The maximum absolute atomic E-state index is 11.5. The maximum Gasteiger partial charge on any atom is 0.311 e. The predicted octanol–water partition coefficient (Wildman–Crippen LogP) is 5.00. The van der Waals surface area contributed by atoms with E-state index < -0.39 is 22.8 Å². The molecule has 1 aliphatic heterocycles. The van der Waals surface area contributed by atoms with Crippen LogP contribution in [0.4, 0.5) is 5.69 Å². The first kappa shape index (κ1) is 25.3. The van der Waals surface area contributed by atoms with Gasteiger partial charge >= 0.3 is 11.7 Å². The molecule has 1 aromatic heterocycles. The molecule has 0 amide bonds. The average Bonchev–Trinajstić information content (AvgIpc) is 2.80. The van der Waals surface area contributed by atoms with Crippen LogP contribution in [0.25, 0.3) is 0 Å². The van der Waals surface area contributed by atoms with Crippen LogP contribution in [0.3, 0.4) is 0 Å². The Hall–Kier alpha value is -3.30. The molecule has 3 rings (SSSR count). The van der Waals surface area contributed by atoms with Crippen LogP contribution >= 0.6 is 0 Å². The number of hydrogen-bond donors (Lipinski definition) is 1. The summed E-state index contributed by atoms with van der Waals surface area (Å²) in [4.78, 5) is 26.0. The van der Waals surface area contributed by atoms with Crippen LogP contribution in [0.1, 0.15) is 50.3 Å². The molecule has 1 saturated heterocycles. The smallest absolute Gasteiger partial charge is 0.311 e. The van der Waals surface area contributed by atoms with Crippen LogP contribution in [0.2, 0.25) is 0 Å². The second kappa shape index (κ2) is 11.2. The number of nitro benzene ring substituents is 1. The summed E-state index contributed by atoms with van der Waals surface area (Å²) < 4.78 is 18.5.